The van der Waals surface area contributed by atoms with Crippen LogP contribution in [0.5, 0.6) is 0 Å². The van der Waals surface area contributed by atoms with Crippen molar-refractivity contribution in [2.24, 2.45) is 5.92 Å². The van der Waals surface area contributed by atoms with Crippen LogP contribution in [0.1, 0.15) is 39.0 Å². The Labute approximate surface area is 122 Å². The lowest BCUT2D eigenvalue weighted by molar-refractivity contribution is -0.135. The number of nitrogens with zero attached hydrogens (tertiary/aromatic N) is 3. The van der Waals surface area contributed by atoms with E-state index in [0.717, 1.165) is 25.8 Å². The number of aliphatic hydroxyl groups is 1. The summed E-state index contributed by atoms with van der Waals surface area (Å²) in [6.45, 7) is 3.11. The van der Waals surface area contributed by atoms with Gasteiger partial charge in [-0.2, -0.15) is 5.26 Å². The zero-order valence-electron chi connectivity index (χ0n) is 12.9. The van der Waals surface area contributed by atoms with E-state index in [2.05, 4.69) is 6.07 Å². The van der Waals surface area contributed by atoms with Gasteiger partial charge in [0.1, 0.15) is 0 Å². The number of hydrogen-bond acceptors (Lipinski definition) is 4. The van der Waals surface area contributed by atoms with Gasteiger partial charge in [-0.15, -0.1) is 0 Å². The number of amides is 1. The maximum atomic E-state index is 12.2. The summed E-state index contributed by atoms with van der Waals surface area (Å²) in [6, 6.07) is 1.84. The highest BCUT2D eigenvalue weighted by Gasteiger charge is 2.28. The predicted octanol–water partition coefficient (Wildman–Crippen LogP) is 1.23. The van der Waals surface area contributed by atoms with Crippen molar-refractivity contribution in [1.82, 2.24) is 9.80 Å². The lowest BCUT2D eigenvalue weighted by Crippen LogP contribution is -2.47. The zero-order valence-corrected chi connectivity index (χ0v) is 12.9. The van der Waals surface area contributed by atoms with Gasteiger partial charge in [-0.25, -0.2) is 0 Å². The molecule has 0 radical (unpaired) electrons. The van der Waals surface area contributed by atoms with Crippen LogP contribution < -0.4 is 0 Å². The Morgan fingerprint density at radius 3 is 2.65 bits per heavy atom. The molecule has 5 nitrogen and oxygen atoms in total. The van der Waals surface area contributed by atoms with Crippen molar-refractivity contribution in [2.45, 2.75) is 51.2 Å². The molecule has 0 bridgehead atoms. The molecule has 20 heavy (non-hydrogen) atoms. The van der Waals surface area contributed by atoms with Gasteiger partial charge in [-0.1, -0.05) is 12.8 Å². The summed E-state index contributed by atoms with van der Waals surface area (Å²) in [5.74, 6) is 0.307. The first-order valence-electron chi connectivity index (χ1n) is 7.47. The number of carbonyl (C=O) groups excluding carboxylic acids is 1. The molecule has 1 aliphatic carbocycles. The molecule has 1 amide bonds. The fourth-order valence-electron chi connectivity index (χ4n) is 2.76. The van der Waals surface area contributed by atoms with E-state index in [1.807, 2.05) is 18.9 Å². The summed E-state index contributed by atoms with van der Waals surface area (Å²) < 4.78 is 0. The molecule has 0 aliphatic heterocycles. The lowest BCUT2D eigenvalue weighted by atomic mass is 9.86. The second kappa shape index (κ2) is 8.23. The Balaban J connectivity index is 2.46. The first kappa shape index (κ1) is 16.9. The van der Waals surface area contributed by atoms with Crippen molar-refractivity contribution < 1.29 is 9.90 Å². The van der Waals surface area contributed by atoms with Gasteiger partial charge in [0.2, 0.25) is 5.91 Å². The molecule has 0 aromatic heterocycles. The summed E-state index contributed by atoms with van der Waals surface area (Å²) in [6.07, 6.45) is 4.32. The van der Waals surface area contributed by atoms with Gasteiger partial charge in [-0.05, 0) is 32.7 Å². The van der Waals surface area contributed by atoms with Crippen molar-refractivity contribution in [2.75, 3.05) is 27.2 Å². The van der Waals surface area contributed by atoms with Gasteiger partial charge in [0.25, 0.3) is 0 Å². The summed E-state index contributed by atoms with van der Waals surface area (Å²) in [4.78, 5) is 15.9. The first-order valence-corrected chi connectivity index (χ1v) is 7.47. The minimum absolute atomic E-state index is 0.0352. The highest BCUT2D eigenvalue weighted by Crippen LogP contribution is 2.25. The standard InChI is InChI=1S/C15H27N3O2/c1-12(15(20)17(2)10-6-9-16)18(3)11-13-7-4-5-8-14(13)19/h12-14,19H,4-8,10-11H2,1-3H3. The topological polar surface area (TPSA) is 67.6 Å². The van der Waals surface area contributed by atoms with E-state index in [0.29, 0.717) is 13.0 Å². The minimum Gasteiger partial charge on any atom is -0.393 e. The van der Waals surface area contributed by atoms with Gasteiger partial charge in [0, 0.05) is 20.1 Å². The molecule has 0 saturated heterocycles. The Morgan fingerprint density at radius 1 is 1.40 bits per heavy atom. The van der Waals surface area contributed by atoms with E-state index >= 15 is 0 Å². The van der Waals surface area contributed by atoms with E-state index < -0.39 is 0 Å². The molecule has 114 valence electrons. The largest absolute Gasteiger partial charge is 0.393 e. The number of nitriles is 1. The molecule has 1 rings (SSSR count). The Morgan fingerprint density at radius 2 is 2.05 bits per heavy atom. The van der Waals surface area contributed by atoms with Gasteiger partial charge in [0.15, 0.2) is 0 Å². The second-order valence-corrected chi connectivity index (χ2v) is 5.90. The maximum absolute atomic E-state index is 12.2. The quantitative estimate of drug-likeness (QED) is 0.795. The van der Waals surface area contributed by atoms with Crippen LogP contribution in [0.15, 0.2) is 0 Å². The molecule has 0 heterocycles. The monoisotopic (exact) mass is 281 g/mol. The summed E-state index contributed by atoms with van der Waals surface area (Å²) in [5.41, 5.74) is 0. The highest BCUT2D eigenvalue weighted by atomic mass is 16.3. The van der Waals surface area contributed by atoms with Crippen molar-refractivity contribution in [3.63, 3.8) is 0 Å². The third-order valence-electron chi connectivity index (χ3n) is 4.35. The van der Waals surface area contributed by atoms with Gasteiger partial charge in [-0.3, -0.25) is 9.69 Å². The predicted molar refractivity (Wildman–Crippen MR) is 77.9 cm³/mol. The summed E-state index contributed by atoms with van der Waals surface area (Å²) in [5, 5.41) is 18.6. The van der Waals surface area contributed by atoms with Crippen LogP contribution in [-0.2, 0) is 4.79 Å². The van der Waals surface area contributed by atoms with Gasteiger partial charge in [0.05, 0.1) is 24.6 Å². The third kappa shape index (κ3) is 4.77. The van der Waals surface area contributed by atoms with Crippen LogP contribution in [0.2, 0.25) is 0 Å². The van der Waals surface area contributed by atoms with Crippen LogP contribution in [-0.4, -0.2) is 60.1 Å². The van der Waals surface area contributed by atoms with Crippen molar-refractivity contribution in [1.29, 1.82) is 5.26 Å². The molecule has 1 aliphatic rings. The molecule has 1 saturated carbocycles. The average molecular weight is 281 g/mol. The summed E-state index contributed by atoms with van der Waals surface area (Å²) >= 11 is 0. The van der Waals surface area contributed by atoms with Crippen LogP contribution >= 0.6 is 0 Å². The van der Waals surface area contributed by atoms with Crippen LogP contribution in [0, 0.1) is 17.2 Å². The van der Waals surface area contributed by atoms with Crippen LogP contribution in [0.4, 0.5) is 0 Å². The smallest absolute Gasteiger partial charge is 0.239 e. The van der Waals surface area contributed by atoms with Crippen molar-refractivity contribution in [3.8, 4) is 6.07 Å². The van der Waals surface area contributed by atoms with Crippen LogP contribution in [0.3, 0.4) is 0 Å². The van der Waals surface area contributed by atoms with Gasteiger partial charge < -0.3 is 10.0 Å². The molecule has 0 spiro atoms. The maximum Gasteiger partial charge on any atom is 0.239 e. The number of rotatable bonds is 6. The Hall–Kier alpha value is -1.12. The Kier molecular flexibility index (Phi) is 6.97. The molecule has 0 aromatic carbocycles. The molecule has 3 atom stereocenters. The number of carbonyl (C=O) groups is 1. The molecular weight excluding hydrogens is 254 g/mol. The number of aliphatic hydroxyl groups excluding tert-OH is 1. The SMILES string of the molecule is CC(C(=O)N(C)CCC#N)N(C)CC1CCCCC1O. The lowest BCUT2D eigenvalue weighted by Gasteiger charge is -2.34. The first-order chi connectivity index (χ1) is 9.47. The van der Waals surface area contributed by atoms with Gasteiger partial charge >= 0.3 is 0 Å². The minimum atomic E-state index is -0.232. The average Bonchev–Trinajstić information content (AvgIpc) is 2.45. The van der Waals surface area contributed by atoms with Crippen molar-refractivity contribution >= 4 is 5.91 Å². The number of likely N-dealkylation sites (N-methyl/N-ethyl adjacent to an activating group) is 2. The highest BCUT2D eigenvalue weighted by molar-refractivity contribution is 5.81. The molecule has 1 N–H and O–H groups in total. The molecular formula is C15H27N3O2. The molecule has 1 fully saturated rings. The molecule has 3 unspecified atom stereocenters. The van der Waals surface area contributed by atoms with Crippen LogP contribution in [0.25, 0.3) is 0 Å². The summed E-state index contributed by atoms with van der Waals surface area (Å²) in [7, 11) is 3.67. The van der Waals surface area contributed by atoms with E-state index in [1.54, 1.807) is 11.9 Å². The van der Waals surface area contributed by atoms with E-state index in [1.165, 1.54) is 6.42 Å². The number of hydrogen-bond donors (Lipinski definition) is 1. The third-order valence-corrected chi connectivity index (χ3v) is 4.35. The molecule has 5 heteroatoms. The zero-order chi connectivity index (χ0) is 15.1. The Bertz CT molecular complexity index is 354. The normalized spacial score (nSPS) is 24.2. The molecule has 0 aromatic rings. The van der Waals surface area contributed by atoms with E-state index in [-0.39, 0.29) is 24.0 Å². The fraction of sp³-hybridized carbons (Fsp3) is 0.867. The van der Waals surface area contributed by atoms with E-state index in [9.17, 15) is 9.90 Å². The van der Waals surface area contributed by atoms with E-state index in [4.69, 9.17) is 5.26 Å². The second-order valence-electron chi connectivity index (χ2n) is 5.90. The fourth-order valence-corrected chi connectivity index (χ4v) is 2.76. The van der Waals surface area contributed by atoms with Crippen molar-refractivity contribution in [3.05, 3.63) is 0 Å².